The summed E-state index contributed by atoms with van der Waals surface area (Å²) in [6.45, 7) is -0.0959. The average molecular weight is 377 g/mol. The van der Waals surface area contributed by atoms with Crippen LogP contribution in [0.1, 0.15) is 5.56 Å². The molecule has 6 heteroatoms. The van der Waals surface area contributed by atoms with E-state index in [4.69, 9.17) is 4.74 Å². The van der Waals surface area contributed by atoms with Crippen molar-refractivity contribution >= 4 is 33.4 Å². The summed E-state index contributed by atoms with van der Waals surface area (Å²) in [5, 5.41) is 5.31. The molecule has 23 heavy (non-hydrogen) atoms. The maximum atomic E-state index is 11.9. The molecule has 2 N–H and O–H groups in total. The summed E-state index contributed by atoms with van der Waals surface area (Å²) in [5.41, 5.74) is 1.44. The molecule has 0 bridgehead atoms. The van der Waals surface area contributed by atoms with Gasteiger partial charge in [0.05, 0.1) is 25.8 Å². The van der Waals surface area contributed by atoms with E-state index >= 15 is 0 Å². The first-order valence-corrected chi connectivity index (χ1v) is 7.82. The fraction of sp³-hybridized carbons (Fsp3) is 0.176. The predicted octanol–water partition coefficient (Wildman–Crippen LogP) is 2.76. The van der Waals surface area contributed by atoms with E-state index in [1.54, 1.807) is 18.2 Å². The van der Waals surface area contributed by atoms with Gasteiger partial charge in [0.25, 0.3) is 0 Å². The molecule has 2 aromatic carbocycles. The Bertz CT molecular complexity index is 704. The van der Waals surface area contributed by atoms with Gasteiger partial charge < -0.3 is 15.4 Å². The van der Waals surface area contributed by atoms with Crippen molar-refractivity contribution in [2.75, 3.05) is 19.0 Å². The maximum absolute atomic E-state index is 11.9. The highest BCUT2D eigenvalue weighted by molar-refractivity contribution is 9.10. The number of rotatable bonds is 6. The summed E-state index contributed by atoms with van der Waals surface area (Å²) in [6, 6.07) is 14.6. The van der Waals surface area contributed by atoms with Crippen molar-refractivity contribution in [1.82, 2.24) is 5.32 Å². The van der Waals surface area contributed by atoms with Crippen LogP contribution in [0.4, 0.5) is 5.69 Å². The van der Waals surface area contributed by atoms with Crippen molar-refractivity contribution in [2.24, 2.45) is 0 Å². The average Bonchev–Trinajstić information content (AvgIpc) is 2.55. The van der Waals surface area contributed by atoms with E-state index in [9.17, 15) is 9.59 Å². The van der Waals surface area contributed by atoms with E-state index in [0.29, 0.717) is 11.4 Å². The summed E-state index contributed by atoms with van der Waals surface area (Å²) in [6.07, 6.45) is 0.212. The third kappa shape index (κ3) is 5.10. The van der Waals surface area contributed by atoms with Crippen LogP contribution in [0.2, 0.25) is 0 Å². The number of methoxy groups -OCH3 is 1. The number of anilines is 1. The summed E-state index contributed by atoms with van der Waals surface area (Å²) >= 11 is 3.39. The van der Waals surface area contributed by atoms with Gasteiger partial charge in [-0.3, -0.25) is 9.59 Å². The Labute approximate surface area is 143 Å². The van der Waals surface area contributed by atoms with Crippen molar-refractivity contribution in [3.63, 3.8) is 0 Å². The van der Waals surface area contributed by atoms with Crippen LogP contribution in [0.25, 0.3) is 0 Å². The van der Waals surface area contributed by atoms with Gasteiger partial charge >= 0.3 is 0 Å². The number of nitrogens with one attached hydrogen (secondary N) is 2. The second-order valence-corrected chi connectivity index (χ2v) is 5.65. The monoisotopic (exact) mass is 376 g/mol. The molecule has 5 nitrogen and oxygen atoms in total. The Kier molecular flexibility index (Phi) is 6.17. The molecule has 2 rings (SSSR count). The Balaban J connectivity index is 1.84. The Morgan fingerprint density at radius 1 is 1.04 bits per heavy atom. The van der Waals surface area contributed by atoms with E-state index in [2.05, 4.69) is 26.6 Å². The largest absolute Gasteiger partial charge is 0.495 e. The van der Waals surface area contributed by atoms with Crippen LogP contribution in [0.3, 0.4) is 0 Å². The SMILES string of the molecule is COc1ccccc1NC(=O)CNC(=O)Cc1ccccc1Br. The molecule has 0 fully saturated rings. The number of carbonyl (C=O) groups excluding carboxylic acids is 2. The van der Waals surface area contributed by atoms with Crippen LogP contribution in [-0.4, -0.2) is 25.5 Å². The van der Waals surface area contributed by atoms with Gasteiger partial charge in [-0.25, -0.2) is 0 Å². The van der Waals surface area contributed by atoms with Gasteiger partial charge in [0.2, 0.25) is 11.8 Å². The van der Waals surface area contributed by atoms with Crippen LogP contribution < -0.4 is 15.4 Å². The van der Waals surface area contributed by atoms with E-state index < -0.39 is 0 Å². The van der Waals surface area contributed by atoms with Crippen molar-refractivity contribution in [2.45, 2.75) is 6.42 Å². The third-order valence-electron chi connectivity index (χ3n) is 3.14. The van der Waals surface area contributed by atoms with Crippen LogP contribution >= 0.6 is 15.9 Å². The molecule has 0 aliphatic carbocycles. The standard InChI is InChI=1S/C17H17BrN2O3/c1-23-15-9-5-4-8-14(15)20-17(22)11-19-16(21)10-12-6-2-3-7-13(12)18/h2-9H,10-11H2,1H3,(H,19,21)(H,20,22). The normalized spacial score (nSPS) is 10.0. The van der Waals surface area contributed by atoms with Crippen LogP contribution in [0.15, 0.2) is 53.0 Å². The Morgan fingerprint density at radius 2 is 1.74 bits per heavy atom. The lowest BCUT2D eigenvalue weighted by Crippen LogP contribution is -2.33. The maximum Gasteiger partial charge on any atom is 0.243 e. The zero-order valence-electron chi connectivity index (χ0n) is 12.6. The minimum absolute atomic E-state index is 0.0959. The molecule has 2 amide bonds. The molecular weight excluding hydrogens is 360 g/mol. The smallest absolute Gasteiger partial charge is 0.243 e. The highest BCUT2D eigenvalue weighted by atomic mass is 79.9. The molecule has 0 radical (unpaired) electrons. The van der Waals surface area contributed by atoms with E-state index in [0.717, 1.165) is 10.0 Å². The number of hydrogen-bond donors (Lipinski definition) is 2. The number of benzene rings is 2. The topological polar surface area (TPSA) is 67.4 Å². The first-order valence-electron chi connectivity index (χ1n) is 7.03. The van der Waals surface area contributed by atoms with Gasteiger partial charge in [0.15, 0.2) is 0 Å². The number of halogens is 1. The molecule has 0 unspecified atom stereocenters. The molecular formula is C17H17BrN2O3. The number of carbonyl (C=O) groups is 2. The summed E-state index contributed by atoms with van der Waals surface area (Å²) in [7, 11) is 1.53. The Hall–Kier alpha value is -2.34. The van der Waals surface area contributed by atoms with Crippen molar-refractivity contribution in [3.8, 4) is 5.75 Å². The molecule has 0 heterocycles. The molecule has 0 aromatic heterocycles. The molecule has 120 valence electrons. The zero-order chi connectivity index (χ0) is 16.7. The van der Waals surface area contributed by atoms with E-state index in [-0.39, 0.29) is 24.8 Å². The number of hydrogen-bond acceptors (Lipinski definition) is 3. The van der Waals surface area contributed by atoms with Crippen molar-refractivity contribution in [3.05, 3.63) is 58.6 Å². The zero-order valence-corrected chi connectivity index (χ0v) is 14.2. The molecule has 0 saturated heterocycles. The fourth-order valence-corrected chi connectivity index (χ4v) is 2.42. The summed E-state index contributed by atoms with van der Waals surface area (Å²) < 4.78 is 6.03. The van der Waals surface area contributed by atoms with Gasteiger partial charge in [0.1, 0.15) is 5.75 Å². The van der Waals surface area contributed by atoms with Gasteiger partial charge in [-0.05, 0) is 23.8 Å². The molecule has 0 aliphatic heterocycles. The minimum atomic E-state index is -0.310. The first kappa shape index (κ1) is 17.0. The highest BCUT2D eigenvalue weighted by Crippen LogP contribution is 2.22. The van der Waals surface area contributed by atoms with Crippen LogP contribution in [0, 0.1) is 0 Å². The second kappa shape index (κ2) is 8.33. The summed E-state index contributed by atoms with van der Waals surface area (Å²) in [4.78, 5) is 23.8. The van der Waals surface area contributed by atoms with Crippen molar-refractivity contribution in [1.29, 1.82) is 0 Å². The van der Waals surface area contributed by atoms with Crippen molar-refractivity contribution < 1.29 is 14.3 Å². The quantitative estimate of drug-likeness (QED) is 0.814. The summed E-state index contributed by atoms with van der Waals surface area (Å²) in [5.74, 6) is 0.0439. The lowest BCUT2D eigenvalue weighted by molar-refractivity contribution is -0.123. The Morgan fingerprint density at radius 3 is 2.48 bits per heavy atom. The van der Waals surface area contributed by atoms with E-state index in [1.807, 2.05) is 30.3 Å². The van der Waals surface area contributed by atoms with Gasteiger partial charge in [-0.2, -0.15) is 0 Å². The lowest BCUT2D eigenvalue weighted by Gasteiger charge is -2.10. The molecule has 0 aliphatic rings. The first-order chi connectivity index (χ1) is 11.1. The molecule has 0 spiro atoms. The van der Waals surface area contributed by atoms with Gasteiger partial charge in [-0.1, -0.05) is 46.3 Å². The number of para-hydroxylation sites is 2. The van der Waals surface area contributed by atoms with Crippen LogP contribution in [0.5, 0.6) is 5.75 Å². The number of ether oxygens (including phenoxy) is 1. The van der Waals surface area contributed by atoms with E-state index in [1.165, 1.54) is 7.11 Å². The molecule has 2 aromatic rings. The predicted molar refractivity (Wildman–Crippen MR) is 92.5 cm³/mol. The molecule has 0 saturated carbocycles. The lowest BCUT2D eigenvalue weighted by atomic mass is 10.1. The third-order valence-corrected chi connectivity index (χ3v) is 3.91. The molecule has 0 atom stereocenters. The minimum Gasteiger partial charge on any atom is -0.495 e. The fourth-order valence-electron chi connectivity index (χ4n) is 2.00. The number of amides is 2. The van der Waals surface area contributed by atoms with Gasteiger partial charge in [-0.15, -0.1) is 0 Å². The van der Waals surface area contributed by atoms with Crippen LogP contribution in [-0.2, 0) is 16.0 Å². The highest BCUT2D eigenvalue weighted by Gasteiger charge is 2.10. The van der Waals surface area contributed by atoms with Gasteiger partial charge in [0, 0.05) is 4.47 Å². The second-order valence-electron chi connectivity index (χ2n) is 4.79.